The van der Waals surface area contributed by atoms with Crippen molar-refractivity contribution in [2.45, 2.75) is 24.7 Å². The molecule has 2 aromatic carbocycles. The fourth-order valence-electron chi connectivity index (χ4n) is 2.86. The van der Waals surface area contributed by atoms with Crippen LogP contribution in [0.15, 0.2) is 52.4 Å². The highest BCUT2D eigenvalue weighted by Gasteiger charge is 2.30. The van der Waals surface area contributed by atoms with E-state index in [4.69, 9.17) is 4.74 Å². The third-order valence-electron chi connectivity index (χ3n) is 4.20. The molecule has 0 amide bonds. The number of aromatic hydroxyl groups is 1. The highest BCUT2D eigenvalue weighted by molar-refractivity contribution is 7.89. The van der Waals surface area contributed by atoms with Crippen LogP contribution in [0.2, 0.25) is 0 Å². The summed E-state index contributed by atoms with van der Waals surface area (Å²) < 4.78 is 32.9. The highest BCUT2D eigenvalue weighted by Crippen LogP contribution is 2.32. The lowest BCUT2D eigenvalue weighted by molar-refractivity contribution is 0.329. The fraction of sp³-hybridized carbons (Fsp3) is 0.316. The lowest BCUT2D eigenvalue weighted by atomic mass is 10.2. The quantitative estimate of drug-likeness (QED) is 0.787. The standard InChI is InChI=1S/C19H22N2O4S/c1-2-25-18-10-9-16(20-14-15-7-3-4-8-17(15)22)13-19(18)26(23,24)21-11-5-6-12-21/h3-4,7-10,13-14,22H,2,5-6,11-12H2,1H3. The zero-order valence-electron chi connectivity index (χ0n) is 14.6. The highest BCUT2D eigenvalue weighted by atomic mass is 32.2. The van der Waals surface area contributed by atoms with Crippen LogP contribution in [-0.4, -0.2) is 43.7 Å². The molecule has 1 fully saturated rings. The van der Waals surface area contributed by atoms with Crippen molar-refractivity contribution < 1.29 is 18.3 Å². The first-order valence-corrected chi connectivity index (χ1v) is 10.1. The van der Waals surface area contributed by atoms with Crippen LogP contribution >= 0.6 is 0 Å². The summed E-state index contributed by atoms with van der Waals surface area (Å²) in [7, 11) is -3.62. The van der Waals surface area contributed by atoms with Gasteiger partial charge in [-0.15, -0.1) is 0 Å². The van der Waals surface area contributed by atoms with Gasteiger partial charge in [-0.05, 0) is 50.1 Å². The van der Waals surface area contributed by atoms with Crippen LogP contribution in [-0.2, 0) is 10.0 Å². The van der Waals surface area contributed by atoms with Crippen LogP contribution in [0, 0.1) is 0 Å². The number of nitrogens with zero attached hydrogens (tertiary/aromatic N) is 2. The van der Waals surface area contributed by atoms with E-state index in [-0.39, 0.29) is 10.6 Å². The maximum Gasteiger partial charge on any atom is 0.246 e. The largest absolute Gasteiger partial charge is 0.507 e. The van der Waals surface area contributed by atoms with Crippen molar-refractivity contribution in [3.8, 4) is 11.5 Å². The van der Waals surface area contributed by atoms with Crippen LogP contribution in [0.3, 0.4) is 0 Å². The van der Waals surface area contributed by atoms with E-state index in [9.17, 15) is 13.5 Å². The van der Waals surface area contributed by atoms with Crippen LogP contribution in [0.25, 0.3) is 0 Å². The van der Waals surface area contributed by atoms with Gasteiger partial charge in [0, 0.05) is 24.9 Å². The summed E-state index contributed by atoms with van der Waals surface area (Å²) >= 11 is 0. The number of rotatable bonds is 6. The monoisotopic (exact) mass is 374 g/mol. The summed E-state index contributed by atoms with van der Waals surface area (Å²) in [4.78, 5) is 4.45. The average Bonchev–Trinajstić information content (AvgIpc) is 3.18. The number of hydrogen-bond acceptors (Lipinski definition) is 5. The Morgan fingerprint density at radius 2 is 1.92 bits per heavy atom. The van der Waals surface area contributed by atoms with Crippen LogP contribution < -0.4 is 4.74 Å². The normalized spacial score (nSPS) is 15.6. The van der Waals surface area contributed by atoms with Crippen molar-refractivity contribution in [2.75, 3.05) is 19.7 Å². The van der Waals surface area contributed by atoms with E-state index in [1.165, 1.54) is 16.6 Å². The van der Waals surface area contributed by atoms with E-state index in [1.54, 1.807) is 36.4 Å². The molecule has 0 saturated carbocycles. The number of para-hydroxylation sites is 1. The molecule has 3 rings (SSSR count). The molecule has 0 radical (unpaired) electrons. The van der Waals surface area contributed by atoms with Crippen molar-refractivity contribution in [1.82, 2.24) is 4.31 Å². The Morgan fingerprint density at radius 1 is 1.19 bits per heavy atom. The molecule has 1 N–H and O–H groups in total. The molecule has 0 aromatic heterocycles. The fourth-order valence-corrected chi connectivity index (χ4v) is 4.53. The Kier molecular flexibility index (Phi) is 5.58. The molecule has 0 spiro atoms. The topological polar surface area (TPSA) is 79.2 Å². The van der Waals surface area contributed by atoms with E-state index in [0.29, 0.717) is 36.7 Å². The molecule has 138 valence electrons. The smallest absolute Gasteiger partial charge is 0.246 e. The second kappa shape index (κ2) is 7.88. The van der Waals surface area contributed by atoms with E-state index >= 15 is 0 Å². The molecule has 1 aliphatic heterocycles. The first-order chi connectivity index (χ1) is 12.5. The number of aliphatic imine (C=N–C) groups is 1. The van der Waals surface area contributed by atoms with Gasteiger partial charge in [0.25, 0.3) is 0 Å². The van der Waals surface area contributed by atoms with Gasteiger partial charge in [-0.1, -0.05) is 12.1 Å². The minimum atomic E-state index is -3.62. The van der Waals surface area contributed by atoms with Gasteiger partial charge in [0.1, 0.15) is 16.4 Å². The van der Waals surface area contributed by atoms with E-state index in [0.717, 1.165) is 12.8 Å². The molecule has 26 heavy (non-hydrogen) atoms. The summed E-state index contributed by atoms with van der Waals surface area (Å²) in [5, 5.41) is 9.82. The summed E-state index contributed by atoms with van der Waals surface area (Å²) in [6.45, 7) is 3.25. The molecule has 1 saturated heterocycles. The van der Waals surface area contributed by atoms with Crippen molar-refractivity contribution >= 4 is 21.9 Å². The zero-order chi connectivity index (χ0) is 18.6. The van der Waals surface area contributed by atoms with Crippen molar-refractivity contribution in [2.24, 2.45) is 4.99 Å². The maximum atomic E-state index is 13.0. The van der Waals surface area contributed by atoms with Crippen LogP contribution in [0.1, 0.15) is 25.3 Å². The Hall–Kier alpha value is -2.38. The SMILES string of the molecule is CCOc1ccc(N=Cc2ccccc2O)cc1S(=O)(=O)N1CCCC1. The molecule has 0 unspecified atom stereocenters. The third-order valence-corrected chi connectivity index (χ3v) is 6.12. The molecular formula is C19H22N2O4S. The lowest BCUT2D eigenvalue weighted by Crippen LogP contribution is -2.28. The van der Waals surface area contributed by atoms with Gasteiger partial charge in [0.2, 0.25) is 10.0 Å². The summed E-state index contributed by atoms with van der Waals surface area (Å²) in [5.41, 5.74) is 1.04. The van der Waals surface area contributed by atoms with Crippen LogP contribution in [0.4, 0.5) is 5.69 Å². The minimum Gasteiger partial charge on any atom is -0.507 e. The molecule has 6 nitrogen and oxygen atoms in total. The molecule has 0 atom stereocenters. The number of phenols is 1. The lowest BCUT2D eigenvalue weighted by Gasteiger charge is -2.18. The van der Waals surface area contributed by atoms with Gasteiger partial charge >= 0.3 is 0 Å². The zero-order valence-corrected chi connectivity index (χ0v) is 15.4. The summed E-state index contributed by atoms with van der Waals surface area (Å²) in [6, 6.07) is 11.7. The van der Waals surface area contributed by atoms with Gasteiger partial charge in [-0.25, -0.2) is 8.42 Å². The number of benzene rings is 2. The summed E-state index contributed by atoms with van der Waals surface area (Å²) in [5.74, 6) is 0.452. The number of hydrogen-bond donors (Lipinski definition) is 1. The second-order valence-electron chi connectivity index (χ2n) is 5.99. The van der Waals surface area contributed by atoms with Gasteiger partial charge in [-0.2, -0.15) is 4.31 Å². The van der Waals surface area contributed by atoms with Crippen molar-refractivity contribution in [3.05, 3.63) is 48.0 Å². The second-order valence-corrected chi connectivity index (χ2v) is 7.90. The predicted molar refractivity (Wildman–Crippen MR) is 101 cm³/mol. The molecular weight excluding hydrogens is 352 g/mol. The summed E-state index contributed by atoms with van der Waals surface area (Å²) in [6.07, 6.45) is 3.25. The Labute approximate surface area is 153 Å². The van der Waals surface area contributed by atoms with Gasteiger partial charge < -0.3 is 9.84 Å². The number of ether oxygens (including phenoxy) is 1. The number of phenolic OH excluding ortho intramolecular Hbond substituents is 1. The number of sulfonamides is 1. The molecule has 0 bridgehead atoms. The van der Waals surface area contributed by atoms with E-state index < -0.39 is 10.0 Å². The van der Waals surface area contributed by atoms with Gasteiger partial charge in [0.15, 0.2) is 0 Å². The minimum absolute atomic E-state index is 0.118. The first-order valence-electron chi connectivity index (χ1n) is 8.61. The van der Waals surface area contributed by atoms with Crippen molar-refractivity contribution in [1.29, 1.82) is 0 Å². The predicted octanol–water partition coefficient (Wildman–Crippen LogP) is 3.33. The van der Waals surface area contributed by atoms with Gasteiger partial charge in [-0.3, -0.25) is 4.99 Å². The average molecular weight is 374 g/mol. The van der Waals surface area contributed by atoms with Crippen LogP contribution in [0.5, 0.6) is 11.5 Å². The van der Waals surface area contributed by atoms with Crippen molar-refractivity contribution in [3.63, 3.8) is 0 Å². The van der Waals surface area contributed by atoms with Gasteiger partial charge in [0.05, 0.1) is 12.3 Å². The Balaban J connectivity index is 1.97. The molecule has 0 aliphatic carbocycles. The molecule has 2 aromatic rings. The van der Waals surface area contributed by atoms with E-state index in [1.807, 2.05) is 6.92 Å². The molecule has 1 heterocycles. The first kappa shape index (κ1) is 18.4. The molecule has 7 heteroatoms. The Bertz CT molecular complexity index is 904. The molecule has 1 aliphatic rings. The Morgan fingerprint density at radius 3 is 2.62 bits per heavy atom. The maximum absolute atomic E-state index is 13.0. The third kappa shape index (κ3) is 3.89. The van der Waals surface area contributed by atoms with E-state index in [2.05, 4.69) is 4.99 Å².